The molecule has 0 aliphatic carbocycles. The van der Waals surface area contributed by atoms with Crippen molar-refractivity contribution in [2.24, 2.45) is 0 Å². The molecule has 1 aromatic rings. The van der Waals surface area contributed by atoms with Crippen LogP contribution in [0.2, 0.25) is 0 Å². The lowest BCUT2D eigenvalue weighted by Crippen LogP contribution is -2.31. The Morgan fingerprint density at radius 3 is 2.67 bits per heavy atom. The van der Waals surface area contributed by atoms with Gasteiger partial charge in [-0.15, -0.1) is 0 Å². The van der Waals surface area contributed by atoms with Gasteiger partial charge in [-0.2, -0.15) is 23.5 Å². The fourth-order valence-electron chi connectivity index (χ4n) is 2.10. The van der Waals surface area contributed by atoms with Gasteiger partial charge in [-0.3, -0.25) is 4.90 Å². The summed E-state index contributed by atoms with van der Waals surface area (Å²) in [4.78, 5) is 2.57. The highest BCUT2D eigenvalue weighted by Crippen LogP contribution is 2.19. The summed E-state index contributed by atoms with van der Waals surface area (Å²) >= 11 is 4.10. The highest BCUT2D eigenvalue weighted by molar-refractivity contribution is 7.99. The van der Waals surface area contributed by atoms with Gasteiger partial charge in [0.2, 0.25) is 0 Å². The van der Waals surface area contributed by atoms with Gasteiger partial charge >= 0.3 is 0 Å². The zero-order valence-corrected chi connectivity index (χ0v) is 13.0. The molecular formula is C15H23NS2. The van der Waals surface area contributed by atoms with Crippen molar-refractivity contribution < 1.29 is 0 Å². The SMILES string of the molecule is CC(C)SCc1cccc(CN2CCSCC2)c1. The molecule has 1 aliphatic heterocycles. The zero-order chi connectivity index (χ0) is 12.8. The Morgan fingerprint density at radius 2 is 1.94 bits per heavy atom. The van der Waals surface area contributed by atoms with Crippen LogP contribution < -0.4 is 0 Å². The Labute approximate surface area is 120 Å². The molecule has 3 heteroatoms. The Kier molecular flexibility index (Phi) is 5.93. The van der Waals surface area contributed by atoms with Crippen molar-refractivity contribution in [2.45, 2.75) is 31.4 Å². The second-order valence-electron chi connectivity index (χ2n) is 5.07. The molecule has 1 aromatic carbocycles. The third-order valence-electron chi connectivity index (χ3n) is 3.08. The highest BCUT2D eigenvalue weighted by Gasteiger charge is 2.10. The second kappa shape index (κ2) is 7.46. The molecule has 0 N–H and O–H groups in total. The van der Waals surface area contributed by atoms with Crippen LogP contribution in [-0.2, 0) is 12.3 Å². The first-order chi connectivity index (χ1) is 8.74. The molecule has 0 bridgehead atoms. The Balaban J connectivity index is 1.89. The average Bonchev–Trinajstić information content (AvgIpc) is 2.38. The summed E-state index contributed by atoms with van der Waals surface area (Å²) in [6, 6.07) is 9.12. The van der Waals surface area contributed by atoms with Crippen LogP contribution in [0.4, 0.5) is 0 Å². The molecule has 0 atom stereocenters. The molecule has 0 aromatic heterocycles. The van der Waals surface area contributed by atoms with E-state index in [0.717, 1.165) is 12.3 Å². The van der Waals surface area contributed by atoms with Gasteiger partial charge in [0.1, 0.15) is 0 Å². The van der Waals surface area contributed by atoms with Crippen molar-refractivity contribution >= 4 is 23.5 Å². The summed E-state index contributed by atoms with van der Waals surface area (Å²) in [5.41, 5.74) is 2.95. The first kappa shape index (κ1) is 14.3. The van der Waals surface area contributed by atoms with Gasteiger partial charge in [0.15, 0.2) is 0 Å². The number of hydrogen-bond acceptors (Lipinski definition) is 3. The van der Waals surface area contributed by atoms with Crippen LogP contribution in [0.15, 0.2) is 24.3 Å². The van der Waals surface area contributed by atoms with Crippen LogP contribution in [0.5, 0.6) is 0 Å². The minimum Gasteiger partial charge on any atom is -0.297 e. The lowest BCUT2D eigenvalue weighted by molar-refractivity contribution is 0.294. The van der Waals surface area contributed by atoms with E-state index in [1.807, 2.05) is 11.8 Å². The van der Waals surface area contributed by atoms with E-state index in [4.69, 9.17) is 0 Å². The topological polar surface area (TPSA) is 3.24 Å². The molecule has 18 heavy (non-hydrogen) atoms. The molecule has 1 saturated heterocycles. The number of thioether (sulfide) groups is 2. The van der Waals surface area contributed by atoms with E-state index >= 15 is 0 Å². The molecular weight excluding hydrogens is 258 g/mol. The van der Waals surface area contributed by atoms with E-state index in [1.54, 1.807) is 0 Å². The maximum Gasteiger partial charge on any atom is 0.0234 e. The number of nitrogens with zero attached hydrogens (tertiary/aromatic N) is 1. The normalized spacial score (nSPS) is 17.3. The largest absolute Gasteiger partial charge is 0.297 e. The van der Waals surface area contributed by atoms with Crippen LogP contribution in [-0.4, -0.2) is 34.7 Å². The molecule has 0 amide bonds. The molecule has 0 spiro atoms. The van der Waals surface area contributed by atoms with Gasteiger partial charge in [0.25, 0.3) is 0 Å². The fourth-order valence-corrected chi connectivity index (χ4v) is 3.78. The highest BCUT2D eigenvalue weighted by atomic mass is 32.2. The Bertz CT molecular complexity index is 359. The van der Waals surface area contributed by atoms with Gasteiger partial charge in [0.05, 0.1) is 0 Å². The van der Waals surface area contributed by atoms with Gasteiger partial charge in [-0.25, -0.2) is 0 Å². The monoisotopic (exact) mass is 281 g/mol. The van der Waals surface area contributed by atoms with Crippen molar-refractivity contribution in [3.63, 3.8) is 0 Å². The zero-order valence-electron chi connectivity index (χ0n) is 11.4. The minimum absolute atomic E-state index is 0.716. The van der Waals surface area contributed by atoms with Crippen LogP contribution in [0.1, 0.15) is 25.0 Å². The van der Waals surface area contributed by atoms with Crippen LogP contribution in [0, 0.1) is 0 Å². The van der Waals surface area contributed by atoms with Gasteiger partial charge in [0, 0.05) is 36.9 Å². The van der Waals surface area contributed by atoms with Crippen LogP contribution in [0.3, 0.4) is 0 Å². The molecule has 0 radical (unpaired) electrons. The molecule has 0 saturated carbocycles. The van der Waals surface area contributed by atoms with Crippen molar-refractivity contribution in [3.05, 3.63) is 35.4 Å². The van der Waals surface area contributed by atoms with E-state index in [9.17, 15) is 0 Å². The van der Waals surface area contributed by atoms with E-state index in [1.165, 1.54) is 35.7 Å². The predicted octanol–water partition coefficient (Wildman–Crippen LogP) is 3.88. The molecule has 2 rings (SSSR count). The maximum atomic E-state index is 2.57. The number of benzene rings is 1. The second-order valence-corrected chi connectivity index (χ2v) is 7.86. The van der Waals surface area contributed by atoms with Crippen molar-refractivity contribution in [1.82, 2.24) is 4.90 Å². The summed E-state index contributed by atoms with van der Waals surface area (Å²) in [5.74, 6) is 3.73. The quantitative estimate of drug-likeness (QED) is 0.806. The lowest BCUT2D eigenvalue weighted by atomic mass is 10.1. The van der Waals surface area contributed by atoms with E-state index in [-0.39, 0.29) is 0 Å². The molecule has 100 valence electrons. The summed E-state index contributed by atoms with van der Waals surface area (Å²) in [6.45, 7) is 8.14. The summed E-state index contributed by atoms with van der Waals surface area (Å²) in [7, 11) is 0. The Hall–Kier alpha value is -0.120. The van der Waals surface area contributed by atoms with Crippen LogP contribution in [0.25, 0.3) is 0 Å². The van der Waals surface area contributed by atoms with Crippen molar-refractivity contribution in [2.75, 3.05) is 24.6 Å². The van der Waals surface area contributed by atoms with E-state index in [2.05, 4.69) is 54.8 Å². The first-order valence-corrected chi connectivity index (χ1v) is 8.94. The van der Waals surface area contributed by atoms with Gasteiger partial charge < -0.3 is 0 Å². The third kappa shape index (κ3) is 4.87. The standard InChI is InChI=1S/C15H23NS2/c1-13(2)18-12-15-5-3-4-14(10-15)11-16-6-8-17-9-7-16/h3-5,10,13H,6-9,11-12H2,1-2H3. The predicted molar refractivity (Wildman–Crippen MR) is 85.5 cm³/mol. The van der Waals surface area contributed by atoms with Gasteiger partial charge in [-0.05, 0) is 16.4 Å². The van der Waals surface area contributed by atoms with E-state index < -0.39 is 0 Å². The molecule has 1 fully saturated rings. The van der Waals surface area contributed by atoms with Crippen molar-refractivity contribution in [1.29, 1.82) is 0 Å². The van der Waals surface area contributed by atoms with E-state index in [0.29, 0.717) is 5.25 Å². The number of rotatable bonds is 5. The smallest absolute Gasteiger partial charge is 0.0234 e. The maximum absolute atomic E-state index is 2.57. The molecule has 0 unspecified atom stereocenters. The Morgan fingerprint density at radius 1 is 1.22 bits per heavy atom. The fraction of sp³-hybridized carbons (Fsp3) is 0.600. The summed E-state index contributed by atoms with van der Waals surface area (Å²) < 4.78 is 0. The molecule has 1 aliphatic rings. The summed E-state index contributed by atoms with van der Waals surface area (Å²) in [5, 5.41) is 0.716. The van der Waals surface area contributed by atoms with Crippen molar-refractivity contribution in [3.8, 4) is 0 Å². The molecule has 1 heterocycles. The minimum atomic E-state index is 0.716. The number of hydrogen-bond donors (Lipinski definition) is 0. The van der Waals surface area contributed by atoms with Crippen LogP contribution >= 0.6 is 23.5 Å². The molecule has 1 nitrogen and oxygen atoms in total. The average molecular weight is 281 g/mol. The van der Waals surface area contributed by atoms with Gasteiger partial charge in [-0.1, -0.05) is 38.1 Å². The first-order valence-electron chi connectivity index (χ1n) is 6.73. The third-order valence-corrected chi connectivity index (χ3v) is 5.19. The summed E-state index contributed by atoms with van der Waals surface area (Å²) in [6.07, 6.45) is 0. The lowest BCUT2D eigenvalue weighted by Gasteiger charge is -2.26.